The molecule has 27 heavy (non-hydrogen) atoms. The standard InChI is InChI=1S/C21H28N4O2/c1-3-18(17-9-5-4-6-10-17)21(26)22-11-14-27-20-15-19(23-16(2)24-20)25-12-7-8-13-25/h4-6,9-10,15,18H,3,7-8,11-14H2,1-2H3,(H,22,26). The number of nitrogens with zero attached hydrogens (tertiary/aromatic N) is 3. The Bertz CT molecular complexity index is 745. The highest BCUT2D eigenvalue weighted by Gasteiger charge is 2.18. The Morgan fingerprint density at radius 2 is 1.96 bits per heavy atom. The normalized spacial score (nSPS) is 14.8. The second-order valence-corrected chi connectivity index (χ2v) is 6.82. The van der Waals surface area contributed by atoms with Gasteiger partial charge in [0.25, 0.3) is 0 Å². The first-order valence-corrected chi connectivity index (χ1v) is 9.73. The van der Waals surface area contributed by atoms with Crippen molar-refractivity contribution >= 4 is 11.7 Å². The predicted octanol–water partition coefficient (Wildman–Crippen LogP) is 3.07. The Kier molecular flexibility index (Phi) is 6.63. The fourth-order valence-corrected chi connectivity index (χ4v) is 3.42. The van der Waals surface area contributed by atoms with E-state index in [4.69, 9.17) is 4.74 Å². The average molecular weight is 368 g/mol. The molecule has 1 fully saturated rings. The van der Waals surface area contributed by atoms with E-state index >= 15 is 0 Å². The van der Waals surface area contributed by atoms with Crippen molar-refractivity contribution in [2.75, 3.05) is 31.1 Å². The molecule has 1 unspecified atom stereocenters. The highest BCUT2D eigenvalue weighted by Crippen LogP contribution is 2.22. The third kappa shape index (κ3) is 5.18. The summed E-state index contributed by atoms with van der Waals surface area (Å²) in [6.45, 7) is 6.79. The SMILES string of the molecule is CCC(C(=O)NCCOc1cc(N2CCCC2)nc(C)n1)c1ccccc1. The molecule has 3 rings (SSSR count). The highest BCUT2D eigenvalue weighted by atomic mass is 16.5. The molecule has 0 aliphatic carbocycles. The van der Waals surface area contributed by atoms with Gasteiger partial charge in [-0.25, -0.2) is 4.98 Å². The van der Waals surface area contributed by atoms with Gasteiger partial charge in [0.2, 0.25) is 11.8 Å². The van der Waals surface area contributed by atoms with Crippen LogP contribution in [0, 0.1) is 6.92 Å². The molecular weight excluding hydrogens is 340 g/mol. The van der Waals surface area contributed by atoms with E-state index in [1.54, 1.807) is 0 Å². The lowest BCUT2D eigenvalue weighted by Crippen LogP contribution is -2.32. The molecule has 1 N–H and O–H groups in total. The topological polar surface area (TPSA) is 67.3 Å². The molecule has 1 aliphatic rings. The molecule has 1 atom stereocenters. The van der Waals surface area contributed by atoms with Crippen LogP contribution >= 0.6 is 0 Å². The second-order valence-electron chi connectivity index (χ2n) is 6.82. The number of aromatic nitrogens is 2. The molecule has 0 saturated carbocycles. The number of hydrogen-bond donors (Lipinski definition) is 1. The van der Waals surface area contributed by atoms with Crippen molar-refractivity contribution in [1.82, 2.24) is 15.3 Å². The maximum atomic E-state index is 12.5. The van der Waals surface area contributed by atoms with Crippen LogP contribution < -0.4 is 15.0 Å². The molecular formula is C21H28N4O2. The lowest BCUT2D eigenvalue weighted by Gasteiger charge is -2.18. The second kappa shape index (κ2) is 9.35. The van der Waals surface area contributed by atoms with Crippen molar-refractivity contribution in [3.05, 3.63) is 47.8 Å². The van der Waals surface area contributed by atoms with Crippen LogP contribution in [0.4, 0.5) is 5.82 Å². The quantitative estimate of drug-likeness (QED) is 0.725. The van der Waals surface area contributed by atoms with Crippen molar-refractivity contribution in [3.8, 4) is 5.88 Å². The van der Waals surface area contributed by atoms with Crippen molar-refractivity contribution < 1.29 is 9.53 Å². The monoisotopic (exact) mass is 368 g/mol. The van der Waals surface area contributed by atoms with Gasteiger partial charge in [-0.2, -0.15) is 4.98 Å². The molecule has 0 radical (unpaired) electrons. The van der Waals surface area contributed by atoms with Gasteiger partial charge in [0.1, 0.15) is 18.2 Å². The lowest BCUT2D eigenvalue weighted by atomic mass is 9.96. The Balaban J connectivity index is 1.50. The van der Waals surface area contributed by atoms with Crippen LogP contribution in [-0.4, -0.2) is 42.1 Å². The number of amides is 1. The van der Waals surface area contributed by atoms with E-state index in [2.05, 4.69) is 20.2 Å². The fourth-order valence-electron chi connectivity index (χ4n) is 3.42. The minimum atomic E-state index is -0.130. The zero-order valence-corrected chi connectivity index (χ0v) is 16.1. The van der Waals surface area contributed by atoms with Crippen LogP contribution in [0.5, 0.6) is 5.88 Å². The summed E-state index contributed by atoms with van der Waals surface area (Å²) < 4.78 is 5.76. The summed E-state index contributed by atoms with van der Waals surface area (Å²) in [4.78, 5) is 23.6. The largest absolute Gasteiger partial charge is 0.476 e. The molecule has 0 spiro atoms. The Morgan fingerprint density at radius 3 is 2.67 bits per heavy atom. The molecule has 1 aliphatic heterocycles. The van der Waals surface area contributed by atoms with E-state index in [1.165, 1.54) is 12.8 Å². The number of anilines is 1. The van der Waals surface area contributed by atoms with Crippen LogP contribution in [0.3, 0.4) is 0 Å². The van der Waals surface area contributed by atoms with E-state index in [9.17, 15) is 4.79 Å². The van der Waals surface area contributed by atoms with Gasteiger partial charge in [0.05, 0.1) is 12.5 Å². The molecule has 1 saturated heterocycles. The first kappa shape index (κ1) is 19.1. The lowest BCUT2D eigenvalue weighted by molar-refractivity contribution is -0.122. The van der Waals surface area contributed by atoms with Crippen LogP contribution in [0.15, 0.2) is 36.4 Å². The summed E-state index contributed by atoms with van der Waals surface area (Å²) in [5.74, 6) is 2.09. The number of rotatable bonds is 8. The number of nitrogens with one attached hydrogen (secondary N) is 1. The smallest absolute Gasteiger partial charge is 0.227 e. The summed E-state index contributed by atoms with van der Waals surface area (Å²) in [5.41, 5.74) is 1.04. The molecule has 0 bridgehead atoms. The summed E-state index contributed by atoms with van der Waals surface area (Å²) in [5, 5.41) is 2.97. The summed E-state index contributed by atoms with van der Waals surface area (Å²) in [6.07, 6.45) is 3.16. The van der Waals surface area contributed by atoms with E-state index in [0.29, 0.717) is 24.9 Å². The number of carbonyl (C=O) groups excluding carboxylic acids is 1. The number of hydrogen-bond acceptors (Lipinski definition) is 5. The zero-order chi connectivity index (χ0) is 19.1. The molecule has 6 heteroatoms. The van der Waals surface area contributed by atoms with E-state index in [-0.39, 0.29) is 11.8 Å². The van der Waals surface area contributed by atoms with Gasteiger partial charge in [-0.1, -0.05) is 37.3 Å². The Hall–Kier alpha value is -2.63. The first-order chi connectivity index (χ1) is 13.2. The summed E-state index contributed by atoms with van der Waals surface area (Å²) >= 11 is 0. The van der Waals surface area contributed by atoms with Gasteiger partial charge >= 0.3 is 0 Å². The van der Waals surface area contributed by atoms with Crippen LogP contribution in [-0.2, 0) is 4.79 Å². The first-order valence-electron chi connectivity index (χ1n) is 9.73. The third-order valence-electron chi connectivity index (χ3n) is 4.81. The molecule has 144 valence electrons. The third-order valence-corrected chi connectivity index (χ3v) is 4.81. The summed E-state index contributed by atoms with van der Waals surface area (Å²) in [7, 11) is 0. The van der Waals surface area contributed by atoms with Crippen LogP contribution in [0.1, 0.15) is 43.5 Å². The number of aryl methyl sites for hydroxylation is 1. The molecule has 2 aromatic rings. The fraction of sp³-hybridized carbons (Fsp3) is 0.476. The van der Waals surface area contributed by atoms with Gasteiger partial charge in [0, 0.05) is 19.2 Å². The molecule has 6 nitrogen and oxygen atoms in total. The van der Waals surface area contributed by atoms with Crippen molar-refractivity contribution in [3.63, 3.8) is 0 Å². The number of carbonyl (C=O) groups is 1. The van der Waals surface area contributed by atoms with Crippen molar-refractivity contribution in [2.24, 2.45) is 0 Å². The van der Waals surface area contributed by atoms with E-state index in [0.717, 1.165) is 30.9 Å². The molecule has 2 heterocycles. The highest BCUT2D eigenvalue weighted by molar-refractivity contribution is 5.83. The summed E-state index contributed by atoms with van der Waals surface area (Å²) in [6, 6.07) is 11.8. The maximum Gasteiger partial charge on any atom is 0.227 e. The molecule has 1 amide bonds. The van der Waals surface area contributed by atoms with Gasteiger partial charge in [-0.3, -0.25) is 4.79 Å². The minimum absolute atomic E-state index is 0.0314. The Morgan fingerprint density at radius 1 is 1.22 bits per heavy atom. The minimum Gasteiger partial charge on any atom is -0.476 e. The van der Waals surface area contributed by atoms with Gasteiger partial charge in [-0.05, 0) is 31.7 Å². The van der Waals surface area contributed by atoms with Crippen LogP contribution in [0.2, 0.25) is 0 Å². The predicted molar refractivity (Wildman–Crippen MR) is 106 cm³/mol. The molecule has 1 aromatic heterocycles. The van der Waals surface area contributed by atoms with Gasteiger partial charge in [-0.15, -0.1) is 0 Å². The zero-order valence-electron chi connectivity index (χ0n) is 16.1. The van der Waals surface area contributed by atoms with Crippen molar-refractivity contribution in [1.29, 1.82) is 0 Å². The van der Waals surface area contributed by atoms with Crippen molar-refractivity contribution in [2.45, 2.75) is 39.0 Å². The van der Waals surface area contributed by atoms with Gasteiger partial charge in [0.15, 0.2) is 0 Å². The van der Waals surface area contributed by atoms with E-state index in [1.807, 2.05) is 50.2 Å². The molecule has 1 aromatic carbocycles. The van der Waals surface area contributed by atoms with Gasteiger partial charge < -0.3 is 15.0 Å². The van der Waals surface area contributed by atoms with E-state index < -0.39 is 0 Å². The number of benzene rings is 1. The Labute approximate surface area is 161 Å². The maximum absolute atomic E-state index is 12.5. The number of ether oxygens (including phenoxy) is 1. The van der Waals surface area contributed by atoms with Crippen LogP contribution in [0.25, 0.3) is 0 Å². The average Bonchev–Trinajstić information content (AvgIpc) is 3.21.